The van der Waals surface area contributed by atoms with Gasteiger partial charge in [-0.2, -0.15) is 0 Å². The maximum atomic E-state index is 5.89. The van der Waals surface area contributed by atoms with Crippen LogP contribution in [-0.4, -0.2) is 13.2 Å². The Morgan fingerprint density at radius 3 is 2.57 bits per heavy atom. The second kappa shape index (κ2) is 5.56. The van der Waals surface area contributed by atoms with E-state index in [1.807, 2.05) is 13.0 Å². The first-order valence-electron chi connectivity index (χ1n) is 4.45. The maximum absolute atomic E-state index is 5.89. The SMILES string of the molecule is CCOC(CN)c1ccc(Cl)c(Cl)c1. The third-order valence-corrected chi connectivity index (χ3v) is 2.64. The number of benzene rings is 1. The molecule has 14 heavy (non-hydrogen) atoms. The molecule has 78 valence electrons. The van der Waals surface area contributed by atoms with Crippen molar-refractivity contribution in [2.45, 2.75) is 13.0 Å². The molecule has 1 aromatic rings. The van der Waals surface area contributed by atoms with Crippen LogP contribution >= 0.6 is 23.2 Å². The van der Waals surface area contributed by atoms with E-state index in [1.54, 1.807) is 12.1 Å². The van der Waals surface area contributed by atoms with Crippen LogP contribution in [0, 0.1) is 0 Å². The average molecular weight is 234 g/mol. The first-order valence-corrected chi connectivity index (χ1v) is 5.21. The molecule has 0 radical (unpaired) electrons. The van der Waals surface area contributed by atoms with Gasteiger partial charge >= 0.3 is 0 Å². The van der Waals surface area contributed by atoms with Crippen LogP contribution in [0.5, 0.6) is 0 Å². The minimum Gasteiger partial charge on any atom is -0.372 e. The average Bonchev–Trinajstić information content (AvgIpc) is 2.19. The van der Waals surface area contributed by atoms with Crippen molar-refractivity contribution in [1.29, 1.82) is 0 Å². The van der Waals surface area contributed by atoms with Gasteiger partial charge in [0, 0.05) is 13.2 Å². The maximum Gasteiger partial charge on any atom is 0.0947 e. The van der Waals surface area contributed by atoms with Gasteiger partial charge in [-0.25, -0.2) is 0 Å². The molecule has 1 rings (SSSR count). The third-order valence-electron chi connectivity index (χ3n) is 1.90. The van der Waals surface area contributed by atoms with E-state index in [9.17, 15) is 0 Å². The van der Waals surface area contributed by atoms with E-state index in [4.69, 9.17) is 33.7 Å². The molecule has 0 saturated carbocycles. The summed E-state index contributed by atoms with van der Waals surface area (Å²) < 4.78 is 5.45. The zero-order chi connectivity index (χ0) is 10.6. The second-order valence-electron chi connectivity index (χ2n) is 2.85. The second-order valence-corrected chi connectivity index (χ2v) is 3.67. The Balaban J connectivity index is 2.88. The highest BCUT2D eigenvalue weighted by molar-refractivity contribution is 6.42. The van der Waals surface area contributed by atoms with Gasteiger partial charge in [-0.3, -0.25) is 0 Å². The molecule has 0 saturated heterocycles. The molecule has 0 aliphatic heterocycles. The first kappa shape index (κ1) is 11.8. The quantitative estimate of drug-likeness (QED) is 0.868. The molecule has 1 aromatic carbocycles. The Hall–Kier alpha value is -0.280. The van der Waals surface area contributed by atoms with E-state index >= 15 is 0 Å². The minimum absolute atomic E-state index is 0.102. The summed E-state index contributed by atoms with van der Waals surface area (Å²) in [4.78, 5) is 0. The van der Waals surface area contributed by atoms with Crippen LogP contribution in [0.1, 0.15) is 18.6 Å². The van der Waals surface area contributed by atoms with Crippen LogP contribution in [0.25, 0.3) is 0 Å². The fourth-order valence-electron chi connectivity index (χ4n) is 1.21. The van der Waals surface area contributed by atoms with Gasteiger partial charge in [0.05, 0.1) is 16.1 Å². The number of hydrogen-bond acceptors (Lipinski definition) is 2. The van der Waals surface area contributed by atoms with Gasteiger partial charge in [0.2, 0.25) is 0 Å². The number of hydrogen-bond donors (Lipinski definition) is 1. The van der Waals surface area contributed by atoms with Crippen molar-refractivity contribution in [3.05, 3.63) is 33.8 Å². The summed E-state index contributed by atoms with van der Waals surface area (Å²) in [6.07, 6.45) is -0.102. The van der Waals surface area contributed by atoms with Crippen LogP contribution in [0.2, 0.25) is 10.0 Å². The molecule has 1 unspecified atom stereocenters. The summed E-state index contributed by atoms with van der Waals surface area (Å²) in [6, 6.07) is 5.42. The van der Waals surface area contributed by atoms with Crippen molar-refractivity contribution in [3.63, 3.8) is 0 Å². The fraction of sp³-hybridized carbons (Fsp3) is 0.400. The van der Waals surface area contributed by atoms with E-state index in [-0.39, 0.29) is 6.10 Å². The van der Waals surface area contributed by atoms with Crippen LogP contribution in [-0.2, 0) is 4.74 Å². The highest BCUT2D eigenvalue weighted by atomic mass is 35.5. The summed E-state index contributed by atoms with van der Waals surface area (Å²) in [5.41, 5.74) is 6.54. The lowest BCUT2D eigenvalue weighted by Crippen LogP contribution is -2.15. The predicted octanol–water partition coefficient (Wildman–Crippen LogP) is 3.03. The highest BCUT2D eigenvalue weighted by Gasteiger charge is 2.10. The normalized spacial score (nSPS) is 12.9. The van der Waals surface area contributed by atoms with Gasteiger partial charge < -0.3 is 10.5 Å². The molecule has 0 heterocycles. The highest BCUT2D eigenvalue weighted by Crippen LogP contribution is 2.26. The zero-order valence-electron chi connectivity index (χ0n) is 7.97. The Morgan fingerprint density at radius 1 is 1.36 bits per heavy atom. The Morgan fingerprint density at radius 2 is 2.07 bits per heavy atom. The van der Waals surface area contributed by atoms with Crippen molar-refractivity contribution >= 4 is 23.2 Å². The molecule has 0 amide bonds. The lowest BCUT2D eigenvalue weighted by molar-refractivity contribution is 0.0688. The molecule has 1 atom stereocenters. The van der Waals surface area contributed by atoms with Crippen LogP contribution in [0.15, 0.2) is 18.2 Å². The van der Waals surface area contributed by atoms with Gasteiger partial charge in [-0.05, 0) is 24.6 Å². The van der Waals surface area contributed by atoms with E-state index in [2.05, 4.69) is 0 Å². The lowest BCUT2D eigenvalue weighted by Gasteiger charge is -2.15. The summed E-state index contributed by atoms with van der Waals surface area (Å²) >= 11 is 11.7. The molecule has 4 heteroatoms. The summed E-state index contributed by atoms with van der Waals surface area (Å²) in [5.74, 6) is 0. The van der Waals surface area contributed by atoms with Gasteiger partial charge in [-0.15, -0.1) is 0 Å². The van der Waals surface area contributed by atoms with E-state index in [0.29, 0.717) is 23.2 Å². The first-order chi connectivity index (χ1) is 6.69. The van der Waals surface area contributed by atoms with Crippen molar-refractivity contribution in [2.24, 2.45) is 5.73 Å². The molecule has 0 bridgehead atoms. The Labute approximate surface area is 94.0 Å². The van der Waals surface area contributed by atoms with Crippen molar-refractivity contribution < 1.29 is 4.74 Å². The Kier molecular flexibility index (Phi) is 4.69. The zero-order valence-corrected chi connectivity index (χ0v) is 9.48. The monoisotopic (exact) mass is 233 g/mol. The smallest absolute Gasteiger partial charge is 0.0947 e. The number of nitrogens with two attached hydrogens (primary N) is 1. The summed E-state index contributed by atoms with van der Waals surface area (Å²) in [5, 5.41) is 1.07. The molecule has 2 N–H and O–H groups in total. The largest absolute Gasteiger partial charge is 0.372 e. The molecule has 0 spiro atoms. The lowest BCUT2D eigenvalue weighted by atomic mass is 10.1. The topological polar surface area (TPSA) is 35.2 Å². The number of halogens is 2. The van der Waals surface area contributed by atoms with Crippen molar-refractivity contribution in [2.75, 3.05) is 13.2 Å². The van der Waals surface area contributed by atoms with Crippen LogP contribution < -0.4 is 5.73 Å². The van der Waals surface area contributed by atoms with E-state index < -0.39 is 0 Å². The standard InChI is InChI=1S/C10H13Cl2NO/c1-2-14-10(6-13)7-3-4-8(11)9(12)5-7/h3-5,10H,2,6,13H2,1H3. The van der Waals surface area contributed by atoms with Crippen molar-refractivity contribution in [1.82, 2.24) is 0 Å². The van der Waals surface area contributed by atoms with Crippen molar-refractivity contribution in [3.8, 4) is 0 Å². The van der Waals surface area contributed by atoms with E-state index in [0.717, 1.165) is 5.56 Å². The molecule has 0 aliphatic carbocycles. The number of ether oxygens (including phenoxy) is 1. The number of rotatable bonds is 4. The van der Waals surface area contributed by atoms with Crippen LogP contribution in [0.3, 0.4) is 0 Å². The fourth-order valence-corrected chi connectivity index (χ4v) is 1.52. The third kappa shape index (κ3) is 2.85. The van der Waals surface area contributed by atoms with E-state index in [1.165, 1.54) is 0 Å². The summed E-state index contributed by atoms with van der Waals surface area (Å²) in [6.45, 7) is 2.99. The minimum atomic E-state index is -0.102. The Bertz CT molecular complexity index is 304. The van der Waals surface area contributed by atoms with Gasteiger partial charge in [0.25, 0.3) is 0 Å². The van der Waals surface area contributed by atoms with Gasteiger partial charge in [-0.1, -0.05) is 29.3 Å². The van der Waals surface area contributed by atoms with Gasteiger partial charge in [0.1, 0.15) is 0 Å². The molecule has 0 aromatic heterocycles. The molecule has 2 nitrogen and oxygen atoms in total. The summed E-state index contributed by atoms with van der Waals surface area (Å²) in [7, 11) is 0. The predicted molar refractivity (Wildman–Crippen MR) is 59.9 cm³/mol. The molecular weight excluding hydrogens is 221 g/mol. The molecular formula is C10H13Cl2NO. The molecule has 0 fully saturated rings. The van der Waals surface area contributed by atoms with Gasteiger partial charge in [0.15, 0.2) is 0 Å². The van der Waals surface area contributed by atoms with Crippen LogP contribution in [0.4, 0.5) is 0 Å². The molecule has 0 aliphatic rings.